The molecule has 8 heteroatoms. The third kappa shape index (κ3) is 3.75. The maximum atomic E-state index is 13.1. The molecule has 0 unspecified atom stereocenters. The van der Waals surface area contributed by atoms with Crippen LogP contribution in [0.1, 0.15) is 10.5 Å². The molecule has 120 valence electrons. The van der Waals surface area contributed by atoms with Crippen LogP contribution in [-0.2, 0) is 4.74 Å². The molecule has 0 atom stereocenters. The maximum absolute atomic E-state index is 13.1. The number of nitrogens with zero attached hydrogens (tertiary/aromatic N) is 3. The van der Waals surface area contributed by atoms with Gasteiger partial charge in [0.2, 0.25) is 0 Å². The van der Waals surface area contributed by atoms with Gasteiger partial charge in [-0.3, -0.25) is 4.79 Å². The highest BCUT2D eigenvalue weighted by molar-refractivity contribution is 6.31. The third-order valence-electron chi connectivity index (χ3n) is 3.36. The highest BCUT2D eigenvalue weighted by Crippen LogP contribution is 2.21. The number of amides is 1. The molecule has 23 heavy (non-hydrogen) atoms. The van der Waals surface area contributed by atoms with Gasteiger partial charge in [-0.05, 0) is 18.2 Å². The summed E-state index contributed by atoms with van der Waals surface area (Å²) in [6, 6.07) is 4.25. The van der Waals surface area contributed by atoms with Crippen molar-refractivity contribution < 1.29 is 13.9 Å². The van der Waals surface area contributed by atoms with Crippen LogP contribution in [0.5, 0.6) is 0 Å². The summed E-state index contributed by atoms with van der Waals surface area (Å²) < 4.78 is 18.3. The van der Waals surface area contributed by atoms with E-state index < -0.39 is 5.82 Å². The molecule has 6 nitrogen and oxygen atoms in total. The van der Waals surface area contributed by atoms with E-state index in [0.29, 0.717) is 37.8 Å². The van der Waals surface area contributed by atoms with Gasteiger partial charge >= 0.3 is 0 Å². The van der Waals surface area contributed by atoms with Crippen LogP contribution < -0.4 is 5.32 Å². The van der Waals surface area contributed by atoms with Crippen LogP contribution >= 0.6 is 11.6 Å². The molecule has 2 aromatic rings. The van der Waals surface area contributed by atoms with Crippen LogP contribution in [-0.4, -0.2) is 47.1 Å². The second kappa shape index (κ2) is 6.89. The first-order valence-electron chi connectivity index (χ1n) is 7.04. The van der Waals surface area contributed by atoms with Crippen molar-refractivity contribution in [2.75, 3.05) is 31.6 Å². The van der Waals surface area contributed by atoms with Gasteiger partial charge in [-0.1, -0.05) is 11.6 Å². The number of carbonyl (C=O) groups is 1. The number of benzene rings is 1. The number of rotatable bonds is 3. The van der Waals surface area contributed by atoms with Gasteiger partial charge in [0, 0.05) is 18.8 Å². The Morgan fingerprint density at radius 3 is 2.70 bits per heavy atom. The van der Waals surface area contributed by atoms with Gasteiger partial charge in [-0.25, -0.2) is 14.4 Å². The summed E-state index contributed by atoms with van der Waals surface area (Å²) in [6.45, 7) is 2.16. The van der Waals surface area contributed by atoms with E-state index in [0.717, 1.165) is 0 Å². The Bertz CT molecular complexity index is 705. The molecule has 1 N–H and O–H groups in total. The van der Waals surface area contributed by atoms with E-state index in [2.05, 4.69) is 15.3 Å². The van der Waals surface area contributed by atoms with Gasteiger partial charge in [-0.15, -0.1) is 0 Å². The van der Waals surface area contributed by atoms with Crippen LogP contribution in [0.3, 0.4) is 0 Å². The maximum Gasteiger partial charge on any atom is 0.274 e. The van der Waals surface area contributed by atoms with Gasteiger partial charge < -0.3 is 15.0 Å². The van der Waals surface area contributed by atoms with Crippen molar-refractivity contribution in [2.24, 2.45) is 0 Å². The number of anilines is 2. The SMILES string of the molecule is O=C(c1cnc(Nc2ccc(F)c(Cl)c2)cn1)N1CCOCC1. The first kappa shape index (κ1) is 15.6. The molecule has 2 heterocycles. The third-order valence-corrected chi connectivity index (χ3v) is 3.65. The smallest absolute Gasteiger partial charge is 0.274 e. The molecule has 1 fully saturated rings. The number of aromatic nitrogens is 2. The van der Waals surface area contributed by atoms with E-state index in [4.69, 9.17) is 16.3 Å². The van der Waals surface area contributed by atoms with Crippen LogP contribution in [0, 0.1) is 5.82 Å². The zero-order valence-corrected chi connectivity index (χ0v) is 12.9. The van der Waals surface area contributed by atoms with E-state index in [-0.39, 0.29) is 16.6 Å². The monoisotopic (exact) mass is 336 g/mol. The lowest BCUT2D eigenvalue weighted by molar-refractivity contribution is 0.0298. The first-order valence-corrected chi connectivity index (χ1v) is 7.42. The Hall–Kier alpha value is -2.25. The molecular formula is C15H14ClFN4O2. The van der Waals surface area contributed by atoms with E-state index in [1.54, 1.807) is 4.90 Å². The minimum absolute atomic E-state index is 0.0158. The zero-order valence-electron chi connectivity index (χ0n) is 12.1. The second-order valence-corrected chi connectivity index (χ2v) is 5.35. The number of carbonyl (C=O) groups excluding carboxylic acids is 1. The minimum atomic E-state index is -0.491. The van der Waals surface area contributed by atoms with Crippen molar-refractivity contribution in [1.82, 2.24) is 14.9 Å². The van der Waals surface area contributed by atoms with Crippen molar-refractivity contribution in [2.45, 2.75) is 0 Å². The fourth-order valence-electron chi connectivity index (χ4n) is 2.15. The minimum Gasteiger partial charge on any atom is -0.378 e. The van der Waals surface area contributed by atoms with E-state index in [9.17, 15) is 9.18 Å². The quantitative estimate of drug-likeness (QED) is 0.932. The lowest BCUT2D eigenvalue weighted by Gasteiger charge is -2.26. The summed E-state index contributed by atoms with van der Waals surface area (Å²) in [5.74, 6) is -0.224. The highest BCUT2D eigenvalue weighted by Gasteiger charge is 2.19. The summed E-state index contributed by atoms with van der Waals surface area (Å²) in [6.07, 6.45) is 2.86. The average molecular weight is 337 g/mol. The average Bonchev–Trinajstić information content (AvgIpc) is 2.59. The lowest BCUT2D eigenvalue weighted by Crippen LogP contribution is -2.41. The number of ether oxygens (including phenoxy) is 1. The number of morpholine rings is 1. The van der Waals surface area contributed by atoms with Crippen LogP contribution in [0.4, 0.5) is 15.9 Å². The fourth-order valence-corrected chi connectivity index (χ4v) is 2.33. The summed E-state index contributed by atoms with van der Waals surface area (Å²) in [7, 11) is 0. The van der Waals surface area contributed by atoms with Crippen molar-refractivity contribution in [3.8, 4) is 0 Å². The van der Waals surface area contributed by atoms with Crippen LogP contribution in [0.15, 0.2) is 30.6 Å². The molecule has 3 rings (SSSR count). The second-order valence-electron chi connectivity index (χ2n) is 4.95. The molecule has 1 aromatic carbocycles. The molecule has 1 amide bonds. The normalized spacial score (nSPS) is 14.6. The summed E-state index contributed by atoms with van der Waals surface area (Å²) >= 11 is 5.72. The summed E-state index contributed by atoms with van der Waals surface area (Å²) in [5, 5.41) is 2.96. The topological polar surface area (TPSA) is 67.4 Å². The molecule has 0 spiro atoms. The molecule has 0 aliphatic carbocycles. The van der Waals surface area contributed by atoms with Crippen molar-refractivity contribution >= 4 is 29.0 Å². The fraction of sp³-hybridized carbons (Fsp3) is 0.267. The van der Waals surface area contributed by atoms with Crippen molar-refractivity contribution in [3.63, 3.8) is 0 Å². The molecule has 0 radical (unpaired) electrons. The Morgan fingerprint density at radius 2 is 2.04 bits per heavy atom. The van der Waals surface area contributed by atoms with Crippen LogP contribution in [0.25, 0.3) is 0 Å². The molecule has 0 saturated carbocycles. The Morgan fingerprint density at radius 1 is 1.26 bits per heavy atom. The molecule has 1 aliphatic heterocycles. The summed E-state index contributed by atoms with van der Waals surface area (Å²) in [4.78, 5) is 22.2. The molecule has 0 bridgehead atoms. The standard InChI is InChI=1S/C15H14ClFN4O2/c16-11-7-10(1-2-12(11)17)20-14-9-18-13(8-19-14)15(22)21-3-5-23-6-4-21/h1-2,7-9H,3-6H2,(H,19,20). The first-order chi connectivity index (χ1) is 11.1. The number of hydrogen-bond acceptors (Lipinski definition) is 5. The zero-order chi connectivity index (χ0) is 16.2. The van der Waals surface area contributed by atoms with Gasteiger partial charge in [0.05, 0.1) is 30.6 Å². The number of halogens is 2. The van der Waals surface area contributed by atoms with Crippen LogP contribution in [0.2, 0.25) is 5.02 Å². The number of nitrogens with one attached hydrogen (secondary N) is 1. The molecular weight excluding hydrogens is 323 g/mol. The predicted octanol–water partition coefficient (Wildman–Crippen LogP) is 2.49. The van der Waals surface area contributed by atoms with Gasteiger partial charge in [0.15, 0.2) is 0 Å². The largest absolute Gasteiger partial charge is 0.378 e. The van der Waals surface area contributed by atoms with Crippen molar-refractivity contribution in [1.29, 1.82) is 0 Å². The molecule has 1 aliphatic rings. The molecule has 1 aromatic heterocycles. The number of hydrogen-bond donors (Lipinski definition) is 1. The van der Waals surface area contributed by atoms with Gasteiger partial charge in [-0.2, -0.15) is 0 Å². The Labute approximate surface area is 137 Å². The van der Waals surface area contributed by atoms with E-state index in [1.165, 1.54) is 30.6 Å². The van der Waals surface area contributed by atoms with Gasteiger partial charge in [0.25, 0.3) is 5.91 Å². The van der Waals surface area contributed by atoms with E-state index >= 15 is 0 Å². The molecule has 1 saturated heterocycles. The van der Waals surface area contributed by atoms with E-state index in [1.807, 2.05) is 0 Å². The van der Waals surface area contributed by atoms with Crippen molar-refractivity contribution in [3.05, 3.63) is 47.1 Å². The lowest BCUT2D eigenvalue weighted by atomic mass is 10.3. The Kier molecular flexibility index (Phi) is 4.68. The Balaban J connectivity index is 1.68. The summed E-state index contributed by atoms with van der Waals surface area (Å²) in [5.41, 5.74) is 0.854. The highest BCUT2D eigenvalue weighted by atomic mass is 35.5. The van der Waals surface area contributed by atoms with Gasteiger partial charge in [0.1, 0.15) is 17.3 Å². The predicted molar refractivity (Wildman–Crippen MR) is 83.4 cm³/mol.